The van der Waals surface area contributed by atoms with E-state index in [2.05, 4.69) is 0 Å². The second-order valence-electron chi connectivity index (χ2n) is 6.26. The second kappa shape index (κ2) is 4.99. The first-order valence-electron chi connectivity index (χ1n) is 7.72. The first kappa shape index (κ1) is 13.6. The van der Waals surface area contributed by atoms with Crippen molar-refractivity contribution in [2.24, 2.45) is 11.8 Å². The number of allylic oxidation sites excluding steroid dienone is 1. The van der Waals surface area contributed by atoms with Gasteiger partial charge in [0, 0.05) is 11.3 Å². The molecule has 4 rings (SSSR count). The molecule has 0 spiro atoms. The number of para-hydroxylation sites is 1. The zero-order valence-corrected chi connectivity index (χ0v) is 12.4. The monoisotopic (exact) mass is 298 g/mol. The molecule has 2 aromatic rings. The predicted octanol–water partition coefficient (Wildman–Crippen LogP) is 3.15. The van der Waals surface area contributed by atoms with E-state index in [4.69, 9.17) is 9.15 Å². The minimum absolute atomic E-state index is 0.0313. The average Bonchev–Trinajstić information content (AvgIpc) is 2.95. The summed E-state index contributed by atoms with van der Waals surface area (Å²) in [7, 11) is 0. The summed E-state index contributed by atoms with van der Waals surface area (Å²) in [6, 6.07) is 9.57. The third kappa shape index (κ3) is 1.98. The van der Waals surface area contributed by atoms with Crippen molar-refractivity contribution in [1.82, 2.24) is 0 Å². The topological polar surface area (TPSA) is 59.7 Å². The van der Waals surface area contributed by atoms with Gasteiger partial charge in [-0.15, -0.1) is 0 Å². The maximum atomic E-state index is 12.8. The van der Waals surface area contributed by atoms with Crippen molar-refractivity contribution in [3.05, 3.63) is 42.4 Å². The molecule has 0 radical (unpaired) electrons. The number of furan rings is 1. The van der Waals surface area contributed by atoms with Crippen LogP contribution in [0.1, 0.15) is 25.5 Å². The Morgan fingerprint density at radius 1 is 1.23 bits per heavy atom. The molecule has 1 saturated carbocycles. The molecule has 2 heterocycles. The van der Waals surface area contributed by atoms with Gasteiger partial charge in [0.1, 0.15) is 17.4 Å². The van der Waals surface area contributed by atoms with E-state index in [1.165, 1.54) is 6.26 Å². The molecule has 0 saturated heterocycles. The summed E-state index contributed by atoms with van der Waals surface area (Å²) in [5.74, 6) is 0.403. The van der Waals surface area contributed by atoms with Crippen molar-refractivity contribution < 1.29 is 19.1 Å². The van der Waals surface area contributed by atoms with Crippen molar-refractivity contribution in [1.29, 1.82) is 0 Å². The van der Waals surface area contributed by atoms with Crippen molar-refractivity contribution in [3.63, 3.8) is 0 Å². The van der Waals surface area contributed by atoms with Gasteiger partial charge in [-0.05, 0) is 25.0 Å². The normalized spacial score (nSPS) is 31.5. The quantitative estimate of drug-likeness (QED) is 0.878. The minimum atomic E-state index is -0.393. The lowest BCUT2D eigenvalue weighted by atomic mass is 9.73. The van der Waals surface area contributed by atoms with Crippen LogP contribution in [-0.2, 0) is 9.53 Å². The Hall–Kier alpha value is -2.07. The molecule has 0 amide bonds. The third-order valence-corrected chi connectivity index (χ3v) is 4.93. The number of hydrogen-bond donors (Lipinski definition) is 1. The van der Waals surface area contributed by atoms with Crippen LogP contribution in [0.15, 0.2) is 41.0 Å². The summed E-state index contributed by atoms with van der Waals surface area (Å²) in [6.07, 6.45) is 2.19. The van der Waals surface area contributed by atoms with E-state index in [0.29, 0.717) is 24.2 Å². The van der Waals surface area contributed by atoms with Crippen LogP contribution in [0.25, 0.3) is 16.5 Å². The summed E-state index contributed by atoms with van der Waals surface area (Å²) in [5, 5.41) is 10.9. The van der Waals surface area contributed by atoms with Crippen molar-refractivity contribution in [3.8, 4) is 0 Å². The largest absolute Gasteiger partial charge is 0.496 e. The van der Waals surface area contributed by atoms with Crippen LogP contribution in [0.4, 0.5) is 0 Å². The Kier molecular flexibility index (Phi) is 3.08. The standard InChI is InChI=1S/C18H18O4/c1-10-14(19)7-6-12-17(20)13(9-21-18(10)12)16-8-11-4-2-3-5-15(11)22-16/h2-5,8-10,12,14,18-19H,6-7H2,1H3. The maximum absolute atomic E-state index is 12.8. The summed E-state index contributed by atoms with van der Waals surface area (Å²) < 4.78 is 11.6. The molecule has 1 N–H and O–H groups in total. The highest BCUT2D eigenvalue weighted by Gasteiger charge is 2.44. The van der Waals surface area contributed by atoms with Crippen LogP contribution in [0, 0.1) is 11.8 Å². The number of hydrogen-bond acceptors (Lipinski definition) is 4. The fraction of sp³-hybridized carbons (Fsp3) is 0.389. The van der Waals surface area contributed by atoms with Gasteiger partial charge in [0.05, 0.1) is 23.9 Å². The van der Waals surface area contributed by atoms with Crippen molar-refractivity contribution >= 4 is 22.3 Å². The van der Waals surface area contributed by atoms with Crippen LogP contribution in [-0.4, -0.2) is 23.1 Å². The molecule has 4 atom stereocenters. The van der Waals surface area contributed by atoms with Crippen LogP contribution in [0.3, 0.4) is 0 Å². The zero-order valence-electron chi connectivity index (χ0n) is 12.4. The lowest BCUT2D eigenvalue weighted by Gasteiger charge is -2.40. The molecule has 1 fully saturated rings. The van der Waals surface area contributed by atoms with Gasteiger partial charge < -0.3 is 14.3 Å². The van der Waals surface area contributed by atoms with Crippen molar-refractivity contribution in [2.45, 2.75) is 32.0 Å². The summed E-state index contributed by atoms with van der Waals surface area (Å²) in [5.41, 5.74) is 1.27. The Labute approximate surface area is 128 Å². The molecule has 1 aromatic heterocycles. The summed E-state index contributed by atoms with van der Waals surface area (Å²) in [6.45, 7) is 1.94. The Balaban J connectivity index is 1.71. The molecular weight excluding hydrogens is 280 g/mol. The molecule has 4 heteroatoms. The number of carbonyl (C=O) groups excluding carboxylic acids is 1. The highest BCUT2D eigenvalue weighted by Crippen LogP contribution is 2.39. The van der Waals surface area contributed by atoms with E-state index < -0.39 is 6.10 Å². The number of ketones is 1. The van der Waals surface area contributed by atoms with Crippen LogP contribution < -0.4 is 0 Å². The minimum Gasteiger partial charge on any atom is -0.496 e. The molecule has 0 bridgehead atoms. The molecule has 1 aliphatic heterocycles. The Morgan fingerprint density at radius 3 is 2.86 bits per heavy atom. The molecule has 1 aliphatic carbocycles. The van der Waals surface area contributed by atoms with Crippen LogP contribution in [0.5, 0.6) is 0 Å². The van der Waals surface area contributed by atoms with E-state index in [0.717, 1.165) is 11.0 Å². The van der Waals surface area contributed by atoms with E-state index in [-0.39, 0.29) is 23.7 Å². The number of carbonyl (C=O) groups is 1. The maximum Gasteiger partial charge on any atom is 0.176 e. The first-order chi connectivity index (χ1) is 10.6. The molecule has 2 aliphatic rings. The Morgan fingerprint density at radius 2 is 2.05 bits per heavy atom. The third-order valence-electron chi connectivity index (χ3n) is 4.93. The van der Waals surface area contributed by atoms with Crippen LogP contribution in [0.2, 0.25) is 0 Å². The fourth-order valence-corrected chi connectivity index (χ4v) is 3.56. The van der Waals surface area contributed by atoms with E-state index in [9.17, 15) is 9.90 Å². The van der Waals surface area contributed by atoms with E-state index in [1.807, 2.05) is 37.3 Å². The van der Waals surface area contributed by atoms with Gasteiger partial charge in [-0.1, -0.05) is 25.1 Å². The highest BCUT2D eigenvalue weighted by atomic mass is 16.5. The number of benzene rings is 1. The summed E-state index contributed by atoms with van der Waals surface area (Å²) >= 11 is 0. The first-order valence-corrected chi connectivity index (χ1v) is 7.72. The average molecular weight is 298 g/mol. The van der Waals surface area contributed by atoms with Gasteiger partial charge in [0.25, 0.3) is 0 Å². The van der Waals surface area contributed by atoms with Crippen molar-refractivity contribution in [2.75, 3.05) is 0 Å². The smallest absolute Gasteiger partial charge is 0.176 e. The molecule has 22 heavy (non-hydrogen) atoms. The van der Waals surface area contributed by atoms with Crippen LogP contribution >= 0.6 is 0 Å². The number of aliphatic hydroxyl groups is 1. The van der Waals surface area contributed by atoms with Gasteiger partial charge in [-0.3, -0.25) is 4.79 Å². The molecule has 1 aromatic carbocycles. The Bertz CT molecular complexity index is 724. The molecule has 4 nitrogen and oxygen atoms in total. The number of fused-ring (bicyclic) bond motifs is 2. The zero-order chi connectivity index (χ0) is 15.3. The number of ether oxygens (including phenoxy) is 1. The fourth-order valence-electron chi connectivity index (χ4n) is 3.56. The van der Waals surface area contributed by atoms with E-state index in [1.54, 1.807) is 0 Å². The summed E-state index contributed by atoms with van der Waals surface area (Å²) in [4.78, 5) is 12.8. The lowest BCUT2D eigenvalue weighted by Crippen LogP contribution is -2.46. The molecule has 114 valence electrons. The molecular formula is C18H18O4. The number of aliphatic hydroxyl groups excluding tert-OH is 1. The van der Waals surface area contributed by atoms with Gasteiger partial charge in [0.15, 0.2) is 5.78 Å². The van der Waals surface area contributed by atoms with Gasteiger partial charge in [-0.2, -0.15) is 0 Å². The number of rotatable bonds is 1. The van der Waals surface area contributed by atoms with Gasteiger partial charge in [0.2, 0.25) is 0 Å². The second-order valence-corrected chi connectivity index (χ2v) is 6.26. The molecule has 4 unspecified atom stereocenters. The SMILES string of the molecule is CC1C(O)CCC2C(=O)C(c3cc4ccccc4o3)=COC21. The van der Waals surface area contributed by atoms with E-state index >= 15 is 0 Å². The predicted molar refractivity (Wildman–Crippen MR) is 82.0 cm³/mol. The van der Waals surface area contributed by atoms with Gasteiger partial charge in [-0.25, -0.2) is 0 Å². The lowest BCUT2D eigenvalue weighted by molar-refractivity contribution is -0.131. The number of Topliss-reactive ketones (excluding diaryl/α,β-unsaturated/α-hetero) is 1. The highest BCUT2D eigenvalue weighted by molar-refractivity contribution is 6.22. The van der Waals surface area contributed by atoms with Gasteiger partial charge >= 0.3 is 0 Å².